The van der Waals surface area contributed by atoms with Crippen molar-refractivity contribution in [2.45, 2.75) is 258 Å². The lowest BCUT2D eigenvalue weighted by atomic mass is 10.1. The van der Waals surface area contributed by atoms with E-state index in [9.17, 15) is 14.4 Å². The Labute approximate surface area is 353 Å². The first-order chi connectivity index (χ1) is 28.0. The molecule has 0 heterocycles. The third-order valence-corrected chi connectivity index (χ3v) is 10.6. The zero-order valence-electron chi connectivity index (χ0n) is 37.9. The van der Waals surface area contributed by atoms with E-state index in [4.69, 9.17) is 14.2 Å². The Bertz CT molecular complexity index is 969. The van der Waals surface area contributed by atoms with Crippen LogP contribution in [0.25, 0.3) is 0 Å². The Balaban J connectivity index is 4.35. The van der Waals surface area contributed by atoms with Crippen LogP contribution in [0.1, 0.15) is 252 Å². The highest BCUT2D eigenvalue weighted by atomic mass is 16.6. The van der Waals surface area contributed by atoms with E-state index in [-0.39, 0.29) is 31.1 Å². The van der Waals surface area contributed by atoms with Crippen molar-refractivity contribution in [2.75, 3.05) is 13.2 Å². The minimum atomic E-state index is -0.772. The number of rotatable bonds is 44. The number of carbonyl (C=O) groups excluding carboxylic acids is 3. The van der Waals surface area contributed by atoms with Crippen molar-refractivity contribution in [1.82, 2.24) is 0 Å². The average molecular weight is 801 g/mol. The lowest BCUT2D eigenvalue weighted by Gasteiger charge is -2.18. The molecule has 0 radical (unpaired) electrons. The molecule has 1 unspecified atom stereocenters. The van der Waals surface area contributed by atoms with Gasteiger partial charge in [-0.1, -0.05) is 198 Å². The zero-order valence-corrected chi connectivity index (χ0v) is 37.9. The van der Waals surface area contributed by atoms with Crippen LogP contribution in [0.2, 0.25) is 0 Å². The third kappa shape index (κ3) is 44.6. The fraction of sp³-hybridized carbons (Fsp3) is 0.824. The van der Waals surface area contributed by atoms with Crippen LogP contribution in [0.4, 0.5) is 0 Å². The summed E-state index contributed by atoms with van der Waals surface area (Å²) < 4.78 is 16.7. The Morgan fingerprint density at radius 3 is 1.09 bits per heavy atom. The van der Waals surface area contributed by atoms with Gasteiger partial charge in [0.25, 0.3) is 0 Å². The van der Waals surface area contributed by atoms with Crippen molar-refractivity contribution in [3.8, 4) is 0 Å². The Morgan fingerprint density at radius 1 is 0.368 bits per heavy atom. The Hall–Kier alpha value is -2.37. The van der Waals surface area contributed by atoms with Crippen LogP contribution < -0.4 is 0 Å². The van der Waals surface area contributed by atoms with Gasteiger partial charge in [-0.2, -0.15) is 0 Å². The fourth-order valence-corrected chi connectivity index (χ4v) is 6.94. The van der Waals surface area contributed by atoms with Gasteiger partial charge in [0.1, 0.15) is 13.2 Å². The predicted molar refractivity (Wildman–Crippen MR) is 242 cm³/mol. The van der Waals surface area contributed by atoms with Gasteiger partial charge in [-0.3, -0.25) is 14.4 Å². The molecule has 0 N–H and O–H groups in total. The number of carbonyl (C=O) groups is 3. The molecule has 0 amide bonds. The molecular weight excluding hydrogens is 709 g/mol. The first-order valence-corrected chi connectivity index (χ1v) is 24.5. The van der Waals surface area contributed by atoms with Crippen LogP contribution >= 0.6 is 0 Å². The Kier molecular flexibility index (Phi) is 44.4. The smallest absolute Gasteiger partial charge is 0.306 e. The second kappa shape index (κ2) is 46.3. The van der Waals surface area contributed by atoms with E-state index in [2.05, 4.69) is 57.2 Å². The summed E-state index contributed by atoms with van der Waals surface area (Å²) in [5.41, 5.74) is 0. The van der Waals surface area contributed by atoms with Gasteiger partial charge in [0, 0.05) is 19.3 Å². The number of esters is 3. The highest BCUT2D eigenvalue weighted by molar-refractivity contribution is 5.71. The summed E-state index contributed by atoms with van der Waals surface area (Å²) in [6.45, 7) is 6.51. The van der Waals surface area contributed by atoms with Gasteiger partial charge in [0.15, 0.2) is 6.10 Å². The zero-order chi connectivity index (χ0) is 41.5. The maximum Gasteiger partial charge on any atom is 0.306 e. The van der Waals surface area contributed by atoms with Gasteiger partial charge in [0.05, 0.1) is 0 Å². The molecule has 57 heavy (non-hydrogen) atoms. The summed E-state index contributed by atoms with van der Waals surface area (Å²) in [4.78, 5) is 37.8. The summed E-state index contributed by atoms with van der Waals surface area (Å²) in [6, 6.07) is 0. The molecule has 0 saturated carbocycles. The van der Waals surface area contributed by atoms with Gasteiger partial charge in [-0.25, -0.2) is 0 Å². The van der Waals surface area contributed by atoms with E-state index in [1.807, 2.05) is 0 Å². The minimum absolute atomic E-state index is 0.0744. The average Bonchev–Trinajstić information content (AvgIpc) is 3.21. The largest absolute Gasteiger partial charge is 0.462 e. The highest BCUT2D eigenvalue weighted by Crippen LogP contribution is 2.15. The number of allylic oxidation sites excluding steroid dienone is 6. The van der Waals surface area contributed by atoms with E-state index >= 15 is 0 Å². The third-order valence-electron chi connectivity index (χ3n) is 10.6. The second-order valence-electron chi connectivity index (χ2n) is 16.3. The molecule has 6 nitrogen and oxygen atoms in total. The maximum atomic E-state index is 12.7. The van der Waals surface area contributed by atoms with Crippen LogP contribution in [-0.4, -0.2) is 37.2 Å². The lowest BCUT2D eigenvalue weighted by Crippen LogP contribution is -2.30. The van der Waals surface area contributed by atoms with Gasteiger partial charge in [-0.15, -0.1) is 0 Å². The van der Waals surface area contributed by atoms with Gasteiger partial charge >= 0.3 is 17.9 Å². The molecule has 0 saturated heterocycles. The molecule has 0 aromatic carbocycles. The molecule has 0 aromatic heterocycles. The SMILES string of the molecule is CC/C=C\C/C=C\CCCCCCCCCC(=O)OC(COC(=O)CCCCCCCCC/C=C\CCCCCC)COC(=O)CCCCCCCCCCCC. The van der Waals surface area contributed by atoms with Crippen molar-refractivity contribution < 1.29 is 28.6 Å². The molecule has 0 aromatic rings. The van der Waals surface area contributed by atoms with Gasteiger partial charge in [-0.05, 0) is 70.6 Å². The number of unbranched alkanes of at least 4 members (excludes halogenated alkanes) is 27. The highest BCUT2D eigenvalue weighted by Gasteiger charge is 2.19. The molecule has 0 aliphatic rings. The topological polar surface area (TPSA) is 78.9 Å². The molecule has 0 fully saturated rings. The van der Waals surface area contributed by atoms with Crippen LogP contribution in [0.5, 0.6) is 0 Å². The number of ether oxygens (including phenoxy) is 3. The van der Waals surface area contributed by atoms with Crippen LogP contribution in [-0.2, 0) is 28.6 Å². The summed E-state index contributed by atoms with van der Waals surface area (Å²) in [6.07, 6.45) is 52.7. The van der Waals surface area contributed by atoms with Crippen molar-refractivity contribution in [2.24, 2.45) is 0 Å². The standard InChI is InChI=1S/C51H92O6/c1-4-7-10-13-16-19-22-24-26-28-29-32-35-38-41-44-50(53)56-47-48(46-55-49(52)43-40-37-34-31-21-18-15-12-9-6-3)57-51(54)45-42-39-36-33-30-27-25-23-20-17-14-11-8-5-2/h8,11,17,19-20,22,48H,4-7,9-10,12-16,18,21,23-47H2,1-3H3/b11-8-,20-17-,22-19-. The van der Waals surface area contributed by atoms with E-state index in [1.54, 1.807) is 0 Å². The van der Waals surface area contributed by atoms with Gasteiger partial charge in [0.2, 0.25) is 0 Å². The van der Waals surface area contributed by atoms with Gasteiger partial charge < -0.3 is 14.2 Å². The van der Waals surface area contributed by atoms with Crippen LogP contribution in [0, 0.1) is 0 Å². The second-order valence-corrected chi connectivity index (χ2v) is 16.3. The lowest BCUT2D eigenvalue weighted by molar-refractivity contribution is -0.167. The molecule has 332 valence electrons. The van der Waals surface area contributed by atoms with Crippen molar-refractivity contribution in [3.05, 3.63) is 36.5 Å². The fourth-order valence-electron chi connectivity index (χ4n) is 6.94. The number of hydrogen-bond donors (Lipinski definition) is 0. The van der Waals surface area contributed by atoms with Crippen LogP contribution in [0.3, 0.4) is 0 Å². The normalized spacial score (nSPS) is 12.3. The summed E-state index contributed by atoms with van der Waals surface area (Å²) in [5, 5.41) is 0. The molecule has 0 rings (SSSR count). The maximum absolute atomic E-state index is 12.7. The van der Waals surface area contributed by atoms with Crippen molar-refractivity contribution >= 4 is 17.9 Å². The molecule has 6 heteroatoms. The molecule has 0 spiro atoms. The molecule has 0 bridgehead atoms. The first kappa shape index (κ1) is 54.6. The Morgan fingerprint density at radius 2 is 0.684 bits per heavy atom. The van der Waals surface area contributed by atoms with E-state index < -0.39 is 6.10 Å². The van der Waals surface area contributed by atoms with E-state index in [1.165, 1.54) is 135 Å². The van der Waals surface area contributed by atoms with Crippen LogP contribution in [0.15, 0.2) is 36.5 Å². The molecule has 1 atom stereocenters. The summed E-state index contributed by atoms with van der Waals surface area (Å²) in [5.74, 6) is -0.883. The molecule has 0 aliphatic heterocycles. The monoisotopic (exact) mass is 801 g/mol. The summed E-state index contributed by atoms with van der Waals surface area (Å²) in [7, 11) is 0. The molecule has 0 aliphatic carbocycles. The predicted octanol–water partition coefficient (Wildman–Crippen LogP) is 15.8. The first-order valence-electron chi connectivity index (χ1n) is 24.5. The quantitative estimate of drug-likeness (QED) is 0.0264. The van der Waals surface area contributed by atoms with E-state index in [0.717, 1.165) is 77.0 Å². The van der Waals surface area contributed by atoms with Crippen molar-refractivity contribution in [1.29, 1.82) is 0 Å². The number of hydrogen-bond acceptors (Lipinski definition) is 6. The summed E-state index contributed by atoms with van der Waals surface area (Å²) >= 11 is 0. The van der Waals surface area contributed by atoms with Crippen molar-refractivity contribution in [3.63, 3.8) is 0 Å². The molecular formula is C51H92O6. The van der Waals surface area contributed by atoms with E-state index in [0.29, 0.717) is 19.3 Å². The minimum Gasteiger partial charge on any atom is -0.462 e.